The molecule has 108 valence electrons. The summed E-state index contributed by atoms with van der Waals surface area (Å²) in [7, 11) is 0. The Labute approximate surface area is 119 Å². The van der Waals surface area contributed by atoms with Crippen LogP contribution in [-0.2, 0) is 12.8 Å². The summed E-state index contributed by atoms with van der Waals surface area (Å²) in [6.07, 6.45) is 3.49. The maximum absolute atomic E-state index is 3.60. The highest BCUT2D eigenvalue weighted by Crippen LogP contribution is 2.30. The Morgan fingerprint density at radius 3 is 2.11 bits per heavy atom. The highest BCUT2D eigenvalue weighted by Gasteiger charge is 2.28. The Balaban J connectivity index is 2.70. The molecule has 0 aliphatic rings. The minimum atomic E-state index is 0.336. The molecule has 1 aromatic carbocycles. The van der Waals surface area contributed by atoms with Gasteiger partial charge in [0.2, 0.25) is 0 Å². The number of rotatable bonds is 8. The fourth-order valence-electron chi connectivity index (χ4n) is 2.38. The number of benzene rings is 1. The maximum Gasteiger partial charge on any atom is 0.00108 e. The summed E-state index contributed by atoms with van der Waals surface area (Å²) in [5.74, 6) is 0.683. The molecule has 0 saturated heterocycles. The molecule has 1 N–H and O–H groups in total. The molecule has 0 aliphatic heterocycles. The Morgan fingerprint density at radius 2 is 1.63 bits per heavy atom. The lowest BCUT2D eigenvalue weighted by Gasteiger charge is -2.34. The van der Waals surface area contributed by atoms with E-state index in [-0.39, 0.29) is 0 Å². The van der Waals surface area contributed by atoms with E-state index < -0.39 is 0 Å². The predicted molar refractivity (Wildman–Crippen MR) is 85.6 cm³/mol. The average Bonchev–Trinajstić information content (AvgIpc) is 2.40. The van der Waals surface area contributed by atoms with Gasteiger partial charge in [0.15, 0.2) is 0 Å². The van der Waals surface area contributed by atoms with Gasteiger partial charge in [-0.3, -0.25) is 0 Å². The highest BCUT2D eigenvalue weighted by molar-refractivity contribution is 5.23. The van der Waals surface area contributed by atoms with Crippen LogP contribution in [0.4, 0.5) is 0 Å². The van der Waals surface area contributed by atoms with Gasteiger partial charge in [0.25, 0.3) is 0 Å². The number of hydrogen-bond donors (Lipinski definition) is 1. The number of nitrogens with one attached hydrogen (secondary N) is 1. The molecule has 0 amide bonds. The zero-order chi connectivity index (χ0) is 14.3. The molecule has 0 aromatic heterocycles. The van der Waals surface area contributed by atoms with Crippen LogP contribution in [0.15, 0.2) is 24.3 Å². The molecule has 0 aliphatic carbocycles. The van der Waals surface area contributed by atoms with Crippen LogP contribution in [-0.4, -0.2) is 13.1 Å². The highest BCUT2D eigenvalue weighted by atomic mass is 14.9. The fraction of sp³-hybridized carbons (Fsp3) is 0.667. The maximum atomic E-state index is 3.60. The molecule has 1 atom stereocenters. The van der Waals surface area contributed by atoms with Gasteiger partial charge in [-0.2, -0.15) is 0 Å². The molecular formula is C18H31N. The second-order valence-electron chi connectivity index (χ2n) is 6.33. The Kier molecular flexibility index (Phi) is 6.57. The smallest absolute Gasteiger partial charge is 0.00108 e. The van der Waals surface area contributed by atoms with Crippen molar-refractivity contribution in [1.29, 1.82) is 0 Å². The van der Waals surface area contributed by atoms with E-state index in [4.69, 9.17) is 0 Å². The van der Waals surface area contributed by atoms with Crippen LogP contribution in [0.2, 0.25) is 0 Å². The first kappa shape index (κ1) is 16.2. The van der Waals surface area contributed by atoms with Gasteiger partial charge in [0, 0.05) is 6.54 Å². The van der Waals surface area contributed by atoms with E-state index >= 15 is 0 Å². The van der Waals surface area contributed by atoms with E-state index in [0.717, 1.165) is 25.9 Å². The van der Waals surface area contributed by atoms with Crippen molar-refractivity contribution in [3.8, 4) is 0 Å². The van der Waals surface area contributed by atoms with Crippen molar-refractivity contribution < 1.29 is 0 Å². The first-order chi connectivity index (χ1) is 9.01. The van der Waals surface area contributed by atoms with Gasteiger partial charge in [0.05, 0.1) is 0 Å². The van der Waals surface area contributed by atoms with Crippen LogP contribution < -0.4 is 5.32 Å². The van der Waals surface area contributed by atoms with Crippen LogP contribution >= 0.6 is 0 Å². The summed E-state index contributed by atoms with van der Waals surface area (Å²) in [5, 5.41) is 3.60. The van der Waals surface area contributed by atoms with Gasteiger partial charge < -0.3 is 5.32 Å². The second kappa shape index (κ2) is 7.69. The van der Waals surface area contributed by atoms with Gasteiger partial charge in [-0.1, -0.05) is 58.9 Å². The van der Waals surface area contributed by atoms with Crippen LogP contribution in [0.25, 0.3) is 0 Å². The van der Waals surface area contributed by atoms with E-state index in [1.165, 1.54) is 17.5 Å². The predicted octanol–water partition coefficient (Wildman–Crippen LogP) is 4.45. The van der Waals surface area contributed by atoms with E-state index in [2.05, 4.69) is 64.2 Å². The first-order valence-corrected chi connectivity index (χ1v) is 7.80. The molecule has 1 aromatic rings. The zero-order valence-electron chi connectivity index (χ0n) is 13.4. The summed E-state index contributed by atoms with van der Waals surface area (Å²) in [6, 6.07) is 9.16. The van der Waals surface area contributed by atoms with Crippen molar-refractivity contribution in [2.75, 3.05) is 13.1 Å². The topological polar surface area (TPSA) is 12.0 Å². The Hall–Kier alpha value is -0.820. The second-order valence-corrected chi connectivity index (χ2v) is 6.33. The number of aryl methyl sites for hydroxylation is 1. The van der Waals surface area contributed by atoms with Gasteiger partial charge in [-0.25, -0.2) is 0 Å². The lowest BCUT2D eigenvalue weighted by Crippen LogP contribution is -2.38. The molecule has 19 heavy (non-hydrogen) atoms. The molecule has 0 bridgehead atoms. The molecular weight excluding hydrogens is 230 g/mol. The molecule has 1 unspecified atom stereocenters. The zero-order valence-corrected chi connectivity index (χ0v) is 13.4. The van der Waals surface area contributed by atoms with E-state index in [9.17, 15) is 0 Å². The van der Waals surface area contributed by atoms with Crippen molar-refractivity contribution >= 4 is 0 Å². The summed E-state index contributed by atoms with van der Waals surface area (Å²) in [4.78, 5) is 0. The monoisotopic (exact) mass is 261 g/mol. The summed E-state index contributed by atoms with van der Waals surface area (Å²) < 4.78 is 0. The molecule has 0 saturated carbocycles. The Morgan fingerprint density at radius 1 is 1.05 bits per heavy atom. The van der Waals surface area contributed by atoms with E-state index in [1.54, 1.807) is 0 Å². The van der Waals surface area contributed by atoms with Crippen LogP contribution in [0, 0.1) is 11.3 Å². The third-order valence-corrected chi connectivity index (χ3v) is 4.39. The third kappa shape index (κ3) is 4.99. The summed E-state index contributed by atoms with van der Waals surface area (Å²) in [5.41, 5.74) is 3.23. The van der Waals surface area contributed by atoms with Gasteiger partial charge in [-0.15, -0.1) is 0 Å². The molecule has 1 rings (SSSR count). The summed E-state index contributed by atoms with van der Waals surface area (Å²) >= 11 is 0. The van der Waals surface area contributed by atoms with Crippen LogP contribution in [0.1, 0.15) is 52.2 Å². The van der Waals surface area contributed by atoms with Crippen molar-refractivity contribution in [2.24, 2.45) is 11.3 Å². The molecule has 1 nitrogen and oxygen atoms in total. The van der Waals surface area contributed by atoms with Crippen LogP contribution in [0.5, 0.6) is 0 Å². The normalized spacial score (nSPS) is 14.6. The van der Waals surface area contributed by atoms with Crippen molar-refractivity contribution in [1.82, 2.24) is 5.32 Å². The van der Waals surface area contributed by atoms with Crippen molar-refractivity contribution in [2.45, 2.75) is 53.9 Å². The fourth-order valence-corrected chi connectivity index (χ4v) is 2.38. The first-order valence-electron chi connectivity index (χ1n) is 7.80. The van der Waals surface area contributed by atoms with Crippen molar-refractivity contribution in [3.05, 3.63) is 35.4 Å². The molecule has 0 spiro atoms. The van der Waals surface area contributed by atoms with Crippen molar-refractivity contribution in [3.63, 3.8) is 0 Å². The van der Waals surface area contributed by atoms with Crippen LogP contribution in [0.3, 0.4) is 0 Å². The quantitative estimate of drug-likeness (QED) is 0.682. The number of hydrogen-bond acceptors (Lipinski definition) is 1. The third-order valence-electron chi connectivity index (χ3n) is 4.39. The minimum absolute atomic E-state index is 0.336. The lowest BCUT2D eigenvalue weighted by molar-refractivity contribution is 0.207. The minimum Gasteiger partial charge on any atom is -0.316 e. The molecule has 0 fully saturated rings. The average molecular weight is 261 g/mol. The van der Waals surface area contributed by atoms with E-state index in [1.807, 2.05) is 0 Å². The van der Waals surface area contributed by atoms with E-state index in [0.29, 0.717) is 11.3 Å². The van der Waals surface area contributed by atoms with Gasteiger partial charge >= 0.3 is 0 Å². The molecule has 0 radical (unpaired) electrons. The lowest BCUT2D eigenvalue weighted by atomic mass is 9.74. The SMILES string of the molecule is CCCNCC(C)(Cc1ccc(CC)cc1)C(C)C. The van der Waals surface area contributed by atoms with Gasteiger partial charge in [-0.05, 0) is 48.3 Å². The standard InChI is InChI=1S/C18H31N/c1-6-12-19-14-18(5,15(3)4)13-17-10-8-16(7-2)9-11-17/h8-11,15,19H,6-7,12-14H2,1-5H3. The molecule has 1 heteroatoms. The largest absolute Gasteiger partial charge is 0.316 e. The summed E-state index contributed by atoms with van der Waals surface area (Å²) in [6.45, 7) is 13.8. The van der Waals surface area contributed by atoms with Gasteiger partial charge in [0.1, 0.15) is 0 Å². The Bertz CT molecular complexity index is 352. The molecule has 0 heterocycles.